The SMILES string of the molecule is COCC(=O)N[C@H]1CC[C@@H](C(=O)NCc2ccc(-c3nc4ccccc4o3)cc2)C1. The Labute approximate surface area is 174 Å². The fourth-order valence-electron chi connectivity index (χ4n) is 3.85. The van der Waals surface area contributed by atoms with Gasteiger partial charge in [0.15, 0.2) is 5.58 Å². The maximum Gasteiger partial charge on any atom is 0.246 e. The summed E-state index contributed by atoms with van der Waals surface area (Å²) in [6.45, 7) is 0.511. The number of fused-ring (bicyclic) bond motifs is 1. The predicted molar refractivity (Wildman–Crippen MR) is 112 cm³/mol. The van der Waals surface area contributed by atoms with Crippen LogP contribution in [0.5, 0.6) is 0 Å². The first-order chi connectivity index (χ1) is 14.6. The molecule has 1 fully saturated rings. The van der Waals surface area contributed by atoms with Crippen molar-refractivity contribution in [1.82, 2.24) is 15.6 Å². The Kier molecular flexibility index (Phi) is 6.09. The van der Waals surface area contributed by atoms with Crippen LogP contribution in [0.3, 0.4) is 0 Å². The van der Waals surface area contributed by atoms with Crippen LogP contribution in [0, 0.1) is 5.92 Å². The molecule has 0 spiro atoms. The first kappa shape index (κ1) is 20.1. The van der Waals surface area contributed by atoms with E-state index in [2.05, 4.69) is 15.6 Å². The largest absolute Gasteiger partial charge is 0.436 e. The summed E-state index contributed by atoms with van der Waals surface area (Å²) >= 11 is 0. The average Bonchev–Trinajstić information content (AvgIpc) is 3.39. The van der Waals surface area contributed by atoms with Gasteiger partial charge in [0, 0.05) is 31.2 Å². The molecule has 3 aromatic rings. The monoisotopic (exact) mass is 407 g/mol. The minimum Gasteiger partial charge on any atom is -0.436 e. The number of carbonyl (C=O) groups is 2. The molecule has 156 valence electrons. The first-order valence-corrected chi connectivity index (χ1v) is 10.1. The summed E-state index contributed by atoms with van der Waals surface area (Å²) in [5.41, 5.74) is 3.49. The number of hydrogen-bond donors (Lipinski definition) is 2. The Hall–Kier alpha value is -3.19. The standard InChI is InChI=1S/C23H25N3O4/c1-29-14-21(27)25-18-11-10-17(12-18)22(28)24-13-15-6-8-16(9-7-15)23-26-19-4-2-3-5-20(19)30-23/h2-9,17-18H,10-14H2,1H3,(H,24,28)(H,25,27)/t17-,18+/m1/s1. The molecule has 0 bridgehead atoms. The Morgan fingerprint density at radius 3 is 2.70 bits per heavy atom. The molecule has 1 aliphatic carbocycles. The zero-order valence-corrected chi connectivity index (χ0v) is 16.9. The van der Waals surface area contributed by atoms with Gasteiger partial charge in [-0.3, -0.25) is 9.59 Å². The van der Waals surface area contributed by atoms with Gasteiger partial charge in [-0.1, -0.05) is 24.3 Å². The first-order valence-electron chi connectivity index (χ1n) is 10.1. The summed E-state index contributed by atoms with van der Waals surface area (Å²) in [6, 6.07) is 15.5. The Balaban J connectivity index is 1.29. The van der Waals surface area contributed by atoms with Crippen molar-refractivity contribution in [3.8, 4) is 11.5 Å². The summed E-state index contributed by atoms with van der Waals surface area (Å²) in [4.78, 5) is 28.6. The lowest BCUT2D eigenvalue weighted by atomic mass is 10.1. The van der Waals surface area contributed by atoms with Gasteiger partial charge in [-0.25, -0.2) is 4.98 Å². The zero-order chi connectivity index (χ0) is 20.9. The number of oxazole rings is 1. The number of nitrogens with one attached hydrogen (secondary N) is 2. The topological polar surface area (TPSA) is 93.5 Å². The molecule has 7 heteroatoms. The van der Waals surface area contributed by atoms with Gasteiger partial charge in [-0.05, 0) is 49.1 Å². The van der Waals surface area contributed by atoms with Crippen molar-refractivity contribution in [3.63, 3.8) is 0 Å². The predicted octanol–water partition coefficient (Wildman–Crippen LogP) is 3.04. The van der Waals surface area contributed by atoms with E-state index < -0.39 is 0 Å². The Morgan fingerprint density at radius 2 is 1.93 bits per heavy atom. The summed E-state index contributed by atoms with van der Waals surface area (Å²) in [7, 11) is 1.49. The normalized spacial score (nSPS) is 18.4. The van der Waals surface area contributed by atoms with Crippen LogP contribution in [0.15, 0.2) is 52.9 Å². The molecule has 0 unspecified atom stereocenters. The third-order valence-corrected chi connectivity index (χ3v) is 5.41. The van der Waals surface area contributed by atoms with E-state index in [9.17, 15) is 9.59 Å². The van der Waals surface area contributed by atoms with Crippen LogP contribution < -0.4 is 10.6 Å². The van der Waals surface area contributed by atoms with E-state index in [4.69, 9.17) is 9.15 Å². The van der Waals surface area contributed by atoms with Crippen molar-refractivity contribution in [2.24, 2.45) is 5.92 Å². The summed E-state index contributed by atoms with van der Waals surface area (Å²) in [5.74, 6) is 0.403. The molecule has 2 atom stereocenters. The maximum atomic E-state index is 12.5. The third kappa shape index (κ3) is 4.68. The lowest BCUT2D eigenvalue weighted by molar-refractivity contribution is -0.127. The summed E-state index contributed by atoms with van der Waals surface area (Å²) in [5, 5.41) is 5.92. The highest BCUT2D eigenvalue weighted by atomic mass is 16.5. The lowest BCUT2D eigenvalue weighted by Gasteiger charge is -2.13. The molecule has 2 aromatic carbocycles. The number of para-hydroxylation sites is 2. The van der Waals surface area contributed by atoms with Gasteiger partial charge in [0.25, 0.3) is 0 Å². The highest BCUT2D eigenvalue weighted by Gasteiger charge is 2.30. The summed E-state index contributed by atoms with van der Waals surface area (Å²) < 4.78 is 10.6. The highest BCUT2D eigenvalue weighted by Crippen LogP contribution is 2.26. The number of nitrogens with zero attached hydrogens (tertiary/aromatic N) is 1. The van der Waals surface area contributed by atoms with E-state index >= 15 is 0 Å². The van der Waals surface area contributed by atoms with E-state index in [0.29, 0.717) is 18.9 Å². The molecule has 0 aliphatic heterocycles. The number of ether oxygens (including phenoxy) is 1. The van der Waals surface area contributed by atoms with Crippen molar-refractivity contribution >= 4 is 22.9 Å². The molecule has 0 radical (unpaired) electrons. The molecule has 30 heavy (non-hydrogen) atoms. The third-order valence-electron chi connectivity index (χ3n) is 5.41. The Bertz CT molecular complexity index is 995. The van der Waals surface area contributed by atoms with Crippen LogP contribution in [-0.4, -0.2) is 36.6 Å². The van der Waals surface area contributed by atoms with Gasteiger partial charge in [-0.2, -0.15) is 0 Å². The van der Waals surface area contributed by atoms with E-state index in [-0.39, 0.29) is 30.4 Å². The quantitative estimate of drug-likeness (QED) is 0.628. The van der Waals surface area contributed by atoms with E-state index in [0.717, 1.165) is 35.1 Å². The van der Waals surface area contributed by atoms with Gasteiger partial charge in [0.1, 0.15) is 12.1 Å². The molecule has 2 amide bonds. The second-order valence-electron chi connectivity index (χ2n) is 7.61. The zero-order valence-electron chi connectivity index (χ0n) is 16.9. The minimum absolute atomic E-state index is 0.0292. The number of amides is 2. The highest BCUT2D eigenvalue weighted by molar-refractivity contribution is 5.80. The fraction of sp³-hybridized carbons (Fsp3) is 0.348. The van der Waals surface area contributed by atoms with Crippen molar-refractivity contribution in [1.29, 1.82) is 0 Å². The molecule has 1 aliphatic rings. The van der Waals surface area contributed by atoms with Crippen LogP contribution in [0.1, 0.15) is 24.8 Å². The van der Waals surface area contributed by atoms with Crippen molar-refractivity contribution in [3.05, 3.63) is 54.1 Å². The van der Waals surface area contributed by atoms with Crippen LogP contribution in [0.25, 0.3) is 22.6 Å². The number of methoxy groups -OCH3 is 1. The molecular formula is C23H25N3O4. The van der Waals surface area contributed by atoms with Crippen LogP contribution in [0.2, 0.25) is 0 Å². The minimum atomic E-state index is -0.136. The van der Waals surface area contributed by atoms with Gasteiger partial charge >= 0.3 is 0 Å². The van der Waals surface area contributed by atoms with E-state index in [1.54, 1.807) is 0 Å². The Morgan fingerprint density at radius 1 is 1.13 bits per heavy atom. The number of hydrogen-bond acceptors (Lipinski definition) is 5. The van der Waals surface area contributed by atoms with E-state index in [1.807, 2.05) is 48.5 Å². The number of benzene rings is 2. The van der Waals surface area contributed by atoms with Crippen LogP contribution >= 0.6 is 0 Å². The lowest BCUT2D eigenvalue weighted by Crippen LogP contribution is -2.36. The molecule has 4 rings (SSSR count). The number of rotatable bonds is 7. The molecule has 7 nitrogen and oxygen atoms in total. The summed E-state index contributed by atoms with van der Waals surface area (Å²) in [6.07, 6.45) is 2.26. The van der Waals surface area contributed by atoms with Crippen LogP contribution in [-0.2, 0) is 20.9 Å². The molecular weight excluding hydrogens is 382 g/mol. The van der Waals surface area contributed by atoms with E-state index in [1.165, 1.54) is 7.11 Å². The molecule has 0 saturated heterocycles. The molecule has 1 aromatic heterocycles. The van der Waals surface area contributed by atoms with Gasteiger partial charge < -0.3 is 19.8 Å². The van der Waals surface area contributed by atoms with Crippen molar-refractivity contribution < 1.29 is 18.7 Å². The second-order valence-corrected chi connectivity index (χ2v) is 7.61. The van der Waals surface area contributed by atoms with Crippen molar-refractivity contribution in [2.45, 2.75) is 31.8 Å². The molecule has 1 heterocycles. The fourth-order valence-corrected chi connectivity index (χ4v) is 3.85. The van der Waals surface area contributed by atoms with Crippen LogP contribution in [0.4, 0.5) is 0 Å². The van der Waals surface area contributed by atoms with Gasteiger partial charge in [-0.15, -0.1) is 0 Å². The van der Waals surface area contributed by atoms with Gasteiger partial charge in [0.05, 0.1) is 0 Å². The van der Waals surface area contributed by atoms with Crippen molar-refractivity contribution in [2.75, 3.05) is 13.7 Å². The number of carbonyl (C=O) groups excluding carboxylic acids is 2. The smallest absolute Gasteiger partial charge is 0.246 e. The molecule has 1 saturated carbocycles. The van der Waals surface area contributed by atoms with Gasteiger partial charge in [0.2, 0.25) is 17.7 Å². The molecule has 2 N–H and O–H groups in total. The second kappa shape index (κ2) is 9.09. The number of aromatic nitrogens is 1. The average molecular weight is 407 g/mol. The maximum absolute atomic E-state index is 12.5.